The van der Waals surface area contributed by atoms with Crippen molar-refractivity contribution in [2.45, 2.75) is 39.2 Å². The van der Waals surface area contributed by atoms with E-state index in [0.717, 1.165) is 6.54 Å². The zero-order valence-electron chi connectivity index (χ0n) is 11.0. The van der Waals surface area contributed by atoms with Gasteiger partial charge in [0.1, 0.15) is 0 Å². The molecule has 1 aromatic rings. The Balaban J connectivity index is 1.91. The average Bonchev–Trinajstić information content (AvgIpc) is 2.82. The first-order chi connectivity index (χ1) is 8.26. The fourth-order valence-corrected chi connectivity index (χ4v) is 3.67. The summed E-state index contributed by atoms with van der Waals surface area (Å²) >= 11 is 1.92. The molecule has 0 bridgehead atoms. The highest BCUT2D eigenvalue weighted by molar-refractivity contribution is 7.10. The van der Waals surface area contributed by atoms with Crippen LogP contribution in [0.25, 0.3) is 0 Å². The predicted octanol–water partition coefficient (Wildman–Crippen LogP) is 3.04. The molecule has 2 unspecified atom stereocenters. The average molecular weight is 252 g/mol. The molecule has 0 spiro atoms. The summed E-state index contributed by atoms with van der Waals surface area (Å²) < 4.78 is 0. The molecule has 1 aromatic heterocycles. The van der Waals surface area contributed by atoms with E-state index in [1.54, 1.807) is 10.4 Å². The zero-order valence-corrected chi connectivity index (χ0v) is 11.8. The molecular formula is C14H24N2S. The fraction of sp³-hybridized carbons (Fsp3) is 0.714. The van der Waals surface area contributed by atoms with Crippen molar-refractivity contribution in [1.29, 1.82) is 0 Å². The van der Waals surface area contributed by atoms with E-state index in [1.165, 1.54) is 32.4 Å². The minimum Gasteiger partial charge on any atom is -0.330 e. The highest BCUT2D eigenvalue weighted by Gasteiger charge is 2.24. The predicted molar refractivity (Wildman–Crippen MR) is 75.5 cm³/mol. The number of hydrogen-bond acceptors (Lipinski definition) is 3. The van der Waals surface area contributed by atoms with Gasteiger partial charge < -0.3 is 5.73 Å². The van der Waals surface area contributed by atoms with Crippen LogP contribution in [0.4, 0.5) is 0 Å². The molecule has 2 N–H and O–H groups in total. The molecule has 0 fully saturated rings. The highest BCUT2D eigenvalue weighted by Crippen LogP contribution is 2.32. The van der Waals surface area contributed by atoms with Crippen molar-refractivity contribution in [3.05, 3.63) is 21.9 Å². The Bertz CT molecular complexity index is 344. The van der Waals surface area contributed by atoms with Crippen molar-refractivity contribution < 1.29 is 0 Å². The normalized spacial score (nSPS) is 22.4. The van der Waals surface area contributed by atoms with E-state index in [0.29, 0.717) is 12.0 Å². The Morgan fingerprint density at radius 2 is 2.41 bits per heavy atom. The van der Waals surface area contributed by atoms with Gasteiger partial charge in [0.25, 0.3) is 0 Å². The van der Waals surface area contributed by atoms with E-state index in [2.05, 4.69) is 30.2 Å². The molecule has 0 aromatic carbocycles. The molecule has 2 nitrogen and oxygen atoms in total. The lowest BCUT2D eigenvalue weighted by Gasteiger charge is -2.34. The third-order valence-electron chi connectivity index (χ3n) is 4.14. The monoisotopic (exact) mass is 252 g/mol. The largest absolute Gasteiger partial charge is 0.330 e. The Labute approximate surface area is 109 Å². The Morgan fingerprint density at radius 3 is 3.12 bits per heavy atom. The van der Waals surface area contributed by atoms with Crippen LogP contribution in [0.15, 0.2) is 11.4 Å². The van der Waals surface area contributed by atoms with Gasteiger partial charge in [-0.25, -0.2) is 0 Å². The van der Waals surface area contributed by atoms with Crippen LogP contribution in [0.3, 0.4) is 0 Å². The molecule has 0 saturated heterocycles. The quantitative estimate of drug-likeness (QED) is 0.873. The van der Waals surface area contributed by atoms with Crippen LogP contribution in [0, 0.1) is 5.92 Å². The van der Waals surface area contributed by atoms with Gasteiger partial charge in [-0.05, 0) is 55.8 Å². The molecule has 1 aliphatic heterocycles. The number of thiophene rings is 1. The van der Waals surface area contributed by atoms with Gasteiger partial charge in [0.15, 0.2) is 0 Å². The standard InChI is InChI=1S/C14H24N2S/c1-3-12(10-15)4-7-16-8-5-14-13(11(16)2)6-9-17-14/h6,9,11-12H,3-5,7-8,10,15H2,1-2H3. The summed E-state index contributed by atoms with van der Waals surface area (Å²) in [5, 5.41) is 2.24. The van der Waals surface area contributed by atoms with Crippen molar-refractivity contribution in [1.82, 2.24) is 4.90 Å². The first-order valence-electron chi connectivity index (χ1n) is 6.76. The first kappa shape index (κ1) is 13.1. The van der Waals surface area contributed by atoms with Crippen LogP contribution in [-0.2, 0) is 6.42 Å². The molecule has 1 aliphatic rings. The maximum atomic E-state index is 5.78. The number of rotatable bonds is 5. The third-order valence-corrected chi connectivity index (χ3v) is 5.14. The summed E-state index contributed by atoms with van der Waals surface area (Å²) in [7, 11) is 0. The van der Waals surface area contributed by atoms with E-state index in [4.69, 9.17) is 5.73 Å². The summed E-state index contributed by atoms with van der Waals surface area (Å²) in [6.45, 7) is 7.84. The van der Waals surface area contributed by atoms with Gasteiger partial charge in [0, 0.05) is 17.5 Å². The molecule has 2 atom stereocenters. The lowest BCUT2D eigenvalue weighted by molar-refractivity contribution is 0.185. The van der Waals surface area contributed by atoms with E-state index < -0.39 is 0 Å². The van der Waals surface area contributed by atoms with Crippen LogP contribution < -0.4 is 5.73 Å². The van der Waals surface area contributed by atoms with Crippen LogP contribution in [0.2, 0.25) is 0 Å². The third kappa shape index (κ3) is 2.90. The second-order valence-electron chi connectivity index (χ2n) is 5.06. The number of nitrogens with two attached hydrogens (primary N) is 1. The lowest BCUT2D eigenvalue weighted by Crippen LogP contribution is -2.35. The van der Waals surface area contributed by atoms with Crippen LogP contribution in [0.1, 0.15) is 43.2 Å². The fourth-order valence-electron chi connectivity index (χ4n) is 2.70. The molecule has 2 heterocycles. The lowest BCUT2D eigenvalue weighted by atomic mass is 9.98. The molecule has 2 rings (SSSR count). The molecule has 96 valence electrons. The van der Waals surface area contributed by atoms with Gasteiger partial charge in [-0.15, -0.1) is 11.3 Å². The van der Waals surface area contributed by atoms with Gasteiger partial charge >= 0.3 is 0 Å². The van der Waals surface area contributed by atoms with Crippen LogP contribution in [0.5, 0.6) is 0 Å². The van der Waals surface area contributed by atoms with Crippen LogP contribution >= 0.6 is 11.3 Å². The topological polar surface area (TPSA) is 29.3 Å². The van der Waals surface area contributed by atoms with Gasteiger partial charge in [0.05, 0.1) is 0 Å². The Kier molecular flexibility index (Phi) is 4.60. The second-order valence-corrected chi connectivity index (χ2v) is 6.06. The number of hydrogen-bond donors (Lipinski definition) is 1. The van der Waals surface area contributed by atoms with E-state index in [-0.39, 0.29) is 0 Å². The van der Waals surface area contributed by atoms with E-state index in [9.17, 15) is 0 Å². The molecular weight excluding hydrogens is 228 g/mol. The molecule has 0 aliphatic carbocycles. The van der Waals surface area contributed by atoms with E-state index in [1.807, 2.05) is 11.3 Å². The van der Waals surface area contributed by atoms with Crippen molar-refractivity contribution in [3.8, 4) is 0 Å². The van der Waals surface area contributed by atoms with Crippen molar-refractivity contribution >= 4 is 11.3 Å². The SMILES string of the molecule is CCC(CN)CCN1CCc2sccc2C1C. The molecule has 17 heavy (non-hydrogen) atoms. The maximum Gasteiger partial charge on any atom is 0.0331 e. The second kappa shape index (κ2) is 5.98. The summed E-state index contributed by atoms with van der Waals surface area (Å²) in [5.74, 6) is 0.700. The minimum atomic E-state index is 0.597. The van der Waals surface area contributed by atoms with Crippen molar-refractivity contribution in [2.75, 3.05) is 19.6 Å². The number of nitrogens with zero attached hydrogens (tertiary/aromatic N) is 1. The molecule has 0 amide bonds. The summed E-state index contributed by atoms with van der Waals surface area (Å²) in [6.07, 6.45) is 3.69. The van der Waals surface area contributed by atoms with Crippen molar-refractivity contribution in [2.24, 2.45) is 11.7 Å². The van der Waals surface area contributed by atoms with Gasteiger partial charge in [0.2, 0.25) is 0 Å². The minimum absolute atomic E-state index is 0.597. The van der Waals surface area contributed by atoms with Gasteiger partial charge in [-0.1, -0.05) is 13.3 Å². The molecule has 3 heteroatoms. The summed E-state index contributed by atoms with van der Waals surface area (Å²) in [5.41, 5.74) is 7.33. The Morgan fingerprint density at radius 1 is 1.59 bits per heavy atom. The maximum absolute atomic E-state index is 5.78. The highest BCUT2D eigenvalue weighted by atomic mass is 32.1. The van der Waals surface area contributed by atoms with E-state index >= 15 is 0 Å². The molecule has 0 radical (unpaired) electrons. The zero-order chi connectivity index (χ0) is 12.3. The number of fused-ring (bicyclic) bond motifs is 1. The summed E-state index contributed by atoms with van der Waals surface area (Å²) in [4.78, 5) is 4.22. The van der Waals surface area contributed by atoms with Crippen molar-refractivity contribution in [3.63, 3.8) is 0 Å². The Hall–Kier alpha value is -0.380. The first-order valence-corrected chi connectivity index (χ1v) is 7.64. The smallest absolute Gasteiger partial charge is 0.0331 e. The molecule has 0 saturated carbocycles. The van der Waals surface area contributed by atoms with Gasteiger partial charge in [-0.2, -0.15) is 0 Å². The van der Waals surface area contributed by atoms with Gasteiger partial charge in [-0.3, -0.25) is 4.90 Å². The summed E-state index contributed by atoms with van der Waals surface area (Å²) in [6, 6.07) is 2.90. The van der Waals surface area contributed by atoms with Crippen LogP contribution in [-0.4, -0.2) is 24.5 Å².